The molecule has 2 rings (SSSR count). The molecule has 0 N–H and O–H groups in total. The number of aromatic nitrogens is 3. The van der Waals surface area contributed by atoms with Crippen LogP contribution in [0.4, 0.5) is 0 Å². The van der Waals surface area contributed by atoms with Gasteiger partial charge in [-0.15, -0.1) is 0 Å². The maximum atomic E-state index is 12.5. The number of esters is 1. The average molecular weight is 275 g/mol. The van der Waals surface area contributed by atoms with E-state index in [4.69, 9.17) is 4.74 Å². The summed E-state index contributed by atoms with van der Waals surface area (Å²) in [7, 11) is 1.92. The summed E-state index contributed by atoms with van der Waals surface area (Å²) in [5, 5.41) is 0. The van der Waals surface area contributed by atoms with Crippen LogP contribution in [0, 0.1) is 0 Å². The minimum Gasteiger partial charge on any atom is -0.465 e. The van der Waals surface area contributed by atoms with Crippen LogP contribution in [0.15, 0.2) is 18.3 Å². The van der Waals surface area contributed by atoms with Crippen molar-refractivity contribution in [2.75, 3.05) is 6.61 Å². The summed E-state index contributed by atoms with van der Waals surface area (Å²) in [4.78, 5) is 21.3. The van der Waals surface area contributed by atoms with E-state index in [-0.39, 0.29) is 5.97 Å². The molecule has 2 aromatic rings. The van der Waals surface area contributed by atoms with Crippen LogP contribution in [0.3, 0.4) is 0 Å². The third-order valence-corrected chi connectivity index (χ3v) is 3.96. The molecular weight excluding hydrogens is 254 g/mol. The number of nitrogens with zero attached hydrogens (tertiary/aromatic N) is 3. The second kappa shape index (κ2) is 5.61. The summed E-state index contributed by atoms with van der Waals surface area (Å²) in [5.41, 5.74) is 0.893. The van der Waals surface area contributed by atoms with Crippen LogP contribution in [0.2, 0.25) is 0 Å². The first kappa shape index (κ1) is 14.5. The Balaban J connectivity index is 2.63. The van der Waals surface area contributed by atoms with Gasteiger partial charge in [0.15, 0.2) is 5.65 Å². The average Bonchev–Trinajstić information content (AvgIpc) is 2.80. The quantitative estimate of drug-likeness (QED) is 0.787. The number of rotatable bonds is 5. The van der Waals surface area contributed by atoms with E-state index in [2.05, 4.69) is 9.97 Å². The molecule has 0 fully saturated rings. The molecule has 0 radical (unpaired) electrons. The van der Waals surface area contributed by atoms with Crippen molar-refractivity contribution in [3.05, 3.63) is 24.2 Å². The third-order valence-electron chi connectivity index (χ3n) is 3.96. The molecule has 0 bridgehead atoms. The zero-order valence-corrected chi connectivity index (χ0v) is 12.5. The van der Waals surface area contributed by atoms with Gasteiger partial charge in [0.2, 0.25) is 0 Å². The Morgan fingerprint density at radius 2 is 2.05 bits per heavy atom. The maximum Gasteiger partial charge on any atom is 0.319 e. The summed E-state index contributed by atoms with van der Waals surface area (Å²) < 4.78 is 7.23. The highest BCUT2D eigenvalue weighted by Crippen LogP contribution is 2.33. The first-order chi connectivity index (χ1) is 9.60. The number of ether oxygens (including phenoxy) is 1. The predicted octanol–water partition coefficient (Wildman–Crippen LogP) is 2.59. The molecule has 20 heavy (non-hydrogen) atoms. The van der Waals surface area contributed by atoms with Crippen LogP contribution in [0.25, 0.3) is 11.2 Å². The molecule has 5 nitrogen and oxygen atoms in total. The van der Waals surface area contributed by atoms with E-state index < -0.39 is 5.41 Å². The number of pyridine rings is 1. The smallest absolute Gasteiger partial charge is 0.319 e. The molecular formula is C15H21N3O2. The molecule has 0 aliphatic carbocycles. The van der Waals surface area contributed by atoms with E-state index in [0.29, 0.717) is 25.1 Å². The highest BCUT2D eigenvalue weighted by molar-refractivity contribution is 5.84. The lowest BCUT2D eigenvalue weighted by atomic mass is 9.81. The highest BCUT2D eigenvalue weighted by atomic mass is 16.5. The van der Waals surface area contributed by atoms with E-state index in [1.807, 2.05) is 44.5 Å². The van der Waals surface area contributed by atoms with Crippen molar-refractivity contribution in [3.8, 4) is 0 Å². The van der Waals surface area contributed by atoms with Crippen LogP contribution >= 0.6 is 0 Å². The van der Waals surface area contributed by atoms with Gasteiger partial charge in [-0.25, -0.2) is 9.97 Å². The topological polar surface area (TPSA) is 57.0 Å². The van der Waals surface area contributed by atoms with Crippen molar-refractivity contribution in [1.82, 2.24) is 14.5 Å². The Morgan fingerprint density at radius 1 is 1.35 bits per heavy atom. The maximum absolute atomic E-state index is 12.5. The predicted molar refractivity (Wildman–Crippen MR) is 77.4 cm³/mol. The Kier molecular flexibility index (Phi) is 4.06. The van der Waals surface area contributed by atoms with Gasteiger partial charge in [-0.2, -0.15) is 0 Å². The van der Waals surface area contributed by atoms with Gasteiger partial charge in [0.05, 0.1) is 12.1 Å². The van der Waals surface area contributed by atoms with Crippen LogP contribution in [-0.2, 0) is 22.0 Å². The first-order valence-corrected chi connectivity index (χ1v) is 7.05. The molecule has 0 amide bonds. The van der Waals surface area contributed by atoms with Gasteiger partial charge in [-0.05, 0) is 31.9 Å². The summed E-state index contributed by atoms with van der Waals surface area (Å²) in [6, 6.07) is 3.83. The first-order valence-electron chi connectivity index (χ1n) is 7.05. The second-order valence-corrected chi connectivity index (χ2v) is 4.85. The third kappa shape index (κ3) is 2.07. The van der Waals surface area contributed by atoms with Crippen molar-refractivity contribution >= 4 is 17.1 Å². The van der Waals surface area contributed by atoms with E-state index in [1.165, 1.54) is 0 Å². The lowest BCUT2D eigenvalue weighted by Crippen LogP contribution is -2.38. The van der Waals surface area contributed by atoms with Crippen molar-refractivity contribution < 1.29 is 9.53 Å². The van der Waals surface area contributed by atoms with Crippen molar-refractivity contribution in [3.63, 3.8) is 0 Å². The Morgan fingerprint density at radius 3 is 2.60 bits per heavy atom. The van der Waals surface area contributed by atoms with Gasteiger partial charge in [0.1, 0.15) is 11.2 Å². The van der Waals surface area contributed by atoms with Crippen molar-refractivity contribution in [1.29, 1.82) is 0 Å². The zero-order valence-electron chi connectivity index (χ0n) is 12.5. The number of imidazole rings is 1. The lowest BCUT2D eigenvalue weighted by Gasteiger charge is -2.28. The molecule has 0 atom stereocenters. The molecule has 0 unspecified atom stereocenters. The van der Waals surface area contributed by atoms with Crippen LogP contribution in [-0.4, -0.2) is 27.1 Å². The number of aryl methyl sites for hydroxylation is 1. The van der Waals surface area contributed by atoms with Gasteiger partial charge in [0, 0.05) is 13.2 Å². The summed E-state index contributed by atoms with van der Waals surface area (Å²) in [5.74, 6) is 0.526. The van der Waals surface area contributed by atoms with Gasteiger partial charge in [0.25, 0.3) is 0 Å². The van der Waals surface area contributed by atoms with E-state index >= 15 is 0 Å². The molecule has 0 aromatic carbocycles. The van der Waals surface area contributed by atoms with Crippen LogP contribution in [0.1, 0.15) is 39.4 Å². The lowest BCUT2D eigenvalue weighted by molar-refractivity contribution is -0.151. The van der Waals surface area contributed by atoms with Crippen molar-refractivity contribution in [2.24, 2.45) is 7.05 Å². The van der Waals surface area contributed by atoms with Crippen LogP contribution < -0.4 is 0 Å². The number of carbonyl (C=O) groups excluding carboxylic acids is 1. The van der Waals surface area contributed by atoms with E-state index in [9.17, 15) is 4.79 Å². The number of hydrogen-bond donors (Lipinski definition) is 0. The van der Waals surface area contributed by atoms with Crippen LogP contribution in [0.5, 0.6) is 0 Å². The Hall–Kier alpha value is -1.91. The van der Waals surface area contributed by atoms with Gasteiger partial charge in [-0.3, -0.25) is 4.79 Å². The fourth-order valence-corrected chi connectivity index (χ4v) is 2.67. The minimum atomic E-state index is -0.703. The highest BCUT2D eigenvalue weighted by Gasteiger charge is 2.42. The van der Waals surface area contributed by atoms with Gasteiger partial charge >= 0.3 is 5.97 Å². The molecule has 2 aromatic heterocycles. The molecule has 108 valence electrons. The van der Waals surface area contributed by atoms with Gasteiger partial charge < -0.3 is 9.30 Å². The van der Waals surface area contributed by atoms with Gasteiger partial charge in [-0.1, -0.05) is 13.8 Å². The largest absolute Gasteiger partial charge is 0.465 e. The van der Waals surface area contributed by atoms with E-state index in [0.717, 1.165) is 11.3 Å². The number of carbonyl (C=O) groups is 1. The Bertz CT molecular complexity index is 615. The normalized spacial score (nSPS) is 11.8. The second-order valence-electron chi connectivity index (χ2n) is 4.85. The molecule has 0 saturated carbocycles. The Labute approximate surface area is 119 Å². The molecule has 5 heteroatoms. The summed E-state index contributed by atoms with van der Waals surface area (Å²) in [6.07, 6.45) is 3.02. The number of fused-ring (bicyclic) bond motifs is 1. The fraction of sp³-hybridized carbons (Fsp3) is 0.533. The summed E-state index contributed by atoms with van der Waals surface area (Å²) in [6.45, 7) is 6.19. The molecule has 0 aliphatic rings. The van der Waals surface area contributed by atoms with E-state index in [1.54, 1.807) is 6.20 Å². The summed E-state index contributed by atoms with van der Waals surface area (Å²) >= 11 is 0. The van der Waals surface area contributed by atoms with Crippen molar-refractivity contribution in [2.45, 2.75) is 39.0 Å². The fourth-order valence-electron chi connectivity index (χ4n) is 2.67. The standard InChI is InChI=1S/C15H21N3O2/c1-5-15(6-2,14(19)20-7-3)13-17-12-11(18(13)4)9-8-10-16-12/h8-10H,5-7H2,1-4H3. The number of hydrogen-bond acceptors (Lipinski definition) is 4. The zero-order chi connectivity index (χ0) is 14.8. The molecule has 2 heterocycles. The molecule has 0 saturated heterocycles. The SMILES string of the molecule is CCOC(=O)C(CC)(CC)c1nc2ncccc2n1C. The monoisotopic (exact) mass is 275 g/mol. The molecule has 0 aliphatic heterocycles. The molecule has 0 spiro atoms. The minimum absolute atomic E-state index is 0.205.